The number of hydrogen-bond acceptors (Lipinski definition) is 1. The van der Waals surface area contributed by atoms with Gasteiger partial charge >= 0.3 is 0 Å². The highest BCUT2D eigenvalue weighted by molar-refractivity contribution is 4.85. The fourth-order valence-electron chi connectivity index (χ4n) is 2.35. The van der Waals surface area contributed by atoms with Crippen molar-refractivity contribution in [3.8, 4) is 0 Å². The molecule has 0 bridgehead atoms. The van der Waals surface area contributed by atoms with Crippen LogP contribution in [0.25, 0.3) is 0 Å². The maximum atomic E-state index is 5.54. The minimum atomic E-state index is 0.465. The summed E-state index contributed by atoms with van der Waals surface area (Å²) in [5, 5.41) is 0. The Morgan fingerprint density at radius 1 is 0.923 bits per heavy atom. The molecule has 0 N–H and O–H groups in total. The maximum Gasteiger partial charge on any atom is 0.0581 e. The van der Waals surface area contributed by atoms with E-state index in [4.69, 9.17) is 4.74 Å². The Bertz CT molecular complexity index is 152. The van der Waals surface area contributed by atoms with Gasteiger partial charge in [-0.25, -0.2) is 0 Å². The van der Waals surface area contributed by atoms with Gasteiger partial charge in [-0.05, 0) is 36.5 Å². The lowest BCUT2D eigenvalue weighted by Gasteiger charge is -2.25. The first-order valence-electron chi connectivity index (χ1n) is 5.37. The van der Waals surface area contributed by atoms with E-state index in [0.717, 1.165) is 0 Å². The Morgan fingerprint density at radius 2 is 1.31 bits per heavy atom. The molecule has 0 aliphatic heterocycles. The van der Waals surface area contributed by atoms with Gasteiger partial charge in [0.05, 0.1) is 6.10 Å². The van der Waals surface area contributed by atoms with Gasteiger partial charge < -0.3 is 4.74 Å². The molecule has 0 aromatic heterocycles. The van der Waals surface area contributed by atoms with E-state index in [1.165, 1.54) is 25.7 Å². The second kappa shape index (κ2) is 3.61. The third kappa shape index (κ3) is 3.30. The number of methoxy groups -OCH3 is 1. The predicted molar refractivity (Wildman–Crippen MR) is 56.8 cm³/mol. The Hall–Kier alpha value is -0.0400. The van der Waals surface area contributed by atoms with Gasteiger partial charge in [0.25, 0.3) is 0 Å². The highest BCUT2D eigenvalue weighted by atomic mass is 16.5. The fraction of sp³-hybridized carbons (Fsp3) is 1.00. The Morgan fingerprint density at radius 3 is 1.62 bits per heavy atom. The molecule has 78 valence electrons. The van der Waals surface area contributed by atoms with Crippen molar-refractivity contribution in [2.75, 3.05) is 7.11 Å². The van der Waals surface area contributed by atoms with Gasteiger partial charge in [-0.2, -0.15) is 0 Å². The summed E-state index contributed by atoms with van der Waals surface area (Å²) >= 11 is 0. The van der Waals surface area contributed by atoms with Crippen molar-refractivity contribution in [2.24, 2.45) is 10.8 Å². The number of hydrogen-bond donors (Lipinski definition) is 0. The van der Waals surface area contributed by atoms with Crippen molar-refractivity contribution in [2.45, 2.75) is 59.5 Å². The lowest BCUT2D eigenvalue weighted by atomic mass is 9.81. The van der Waals surface area contributed by atoms with Gasteiger partial charge in [-0.1, -0.05) is 27.7 Å². The van der Waals surface area contributed by atoms with E-state index in [0.29, 0.717) is 16.9 Å². The van der Waals surface area contributed by atoms with Gasteiger partial charge in [0, 0.05) is 7.11 Å². The van der Waals surface area contributed by atoms with Gasteiger partial charge in [0.2, 0.25) is 0 Å². The highest BCUT2D eigenvalue weighted by Crippen LogP contribution is 2.42. The smallest absolute Gasteiger partial charge is 0.0581 e. The summed E-state index contributed by atoms with van der Waals surface area (Å²) in [6.45, 7) is 9.45. The van der Waals surface area contributed by atoms with Gasteiger partial charge in [-0.3, -0.25) is 0 Å². The van der Waals surface area contributed by atoms with Crippen LogP contribution in [0.2, 0.25) is 0 Å². The third-order valence-electron chi connectivity index (χ3n) is 3.37. The Balaban J connectivity index is 2.69. The van der Waals surface area contributed by atoms with Crippen molar-refractivity contribution in [3.05, 3.63) is 0 Å². The molecular weight excluding hydrogens is 160 g/mol. The van der Waals surface area contributed by atoms with Crippen molar-refractivity contribution in [3.63, 3.8) is 0 Å². The van der Waals surface area contributed by atoms with Crippen molar-refractivity contribution in [1.29, 1.82) is 0 Å². The molecule has 13 heavy (non-hydrogen) atoms. The molecular formula is C12H24O. The van der Waals surface area contributed by atoms with Gasteiger partial charge in [-0.15, -0.1) is 0 Å². The molecule has 0 heterocycles. The average molecular weight is 184 g/mol. The minimum absolute atomic E-state index is 0.465. The van der Waals surface area contributed by atoms with E-state index in [-0.39, 0.29) is 0 Å². The van der Waals surface area contributed by atoms with Crippen LogP contribution in [0.4, 0.5) is 0 Å². The standard InChI is InChI=1S/C12H24O/c1-11(2)6-7-12(3,4)9-10(8-11)13-5/h10H,6-9H2,1-5H3. The van der Waals surface area contributed by atoms with Gasteiger partial charge in [0.1, 0.15) is 0 Å². The molecule has 1 nitrogen and oxygen atoms in total. The summed E-state index contributed by atoms with van der Waals surface area (Å²) in [6.07, 6.45) is 5.56. The summed E-state index contributed by atoms with van der Waals surface area (Å²) < 4.78 is 5.54. The summed E-state index contributed by atoms with van der Waals surface area (Å²) in [4.78, 5) is 0. The van der Waals surface area contributed by atoms with E-state index in [1.807, 2.05) is 7.11 Å². The Labute approximate surface area is 82.9 Å². The third-order valence-corrected chi connectivity index (χ3v) is 3.37. The summed E-state index contributed by atoms with van der Waals surface area (Å²) in [5.74, 6) is 0. The normalized spacial score (nSPS) is 28.4. The molecule has 0 atom stereocenters. The second-order valence-electron chi connectivity index (χ2n) is 6.09. The first-order valence-corrected chi connectivity index (χ1v) is 5.37. The topological polar surface area (TPSA) is 9.23 Å². The monoisotopic (exact) mass is 184 g/mol. The lowest BCUT2D eigenvalue weighted by molar-refractivity contribution is 0.0471. The molecule has 1 aliphatic carbocycles. The zero-order valence-corrected chi connectivity index (χ0v) is 9.81. The van der Waals surface area contributed by atoms with Crippen LogP contribution in [0.3, 0.4) is 0 Å². The van der Waals surface area contributed by atoms with Crippen molar-refractivity contribution >= 4 is 0 Å². The lowest BCUT2D eigenvalue weighted by Crippen LogP contribution is -2.21. The largest absolute Gasteiger partial charge is 0.381 e. The molecule has 1 heteroatoms. The first kappa shape index (κ1) is 11.0. The van der Waals surface area contributed by atoms with Crippen LogP contribution >= 0.6 is 0 Å². The van der Waals surface area contributed by atoms with E-state index in [1.54, 1.807) is 0 Å². The molecule has 1 fully saturated rings. The van der Waals surface area contributed by atoms with Crippen LogP contribution in [-0.4, -0.2) is 13.2 Å². The minimum Gasteiger partial charge on any atom is -0.381 e. The molecule has 0 radical (unpaired) electrons. The number of ether oxygens (including phenoxy) is 1. The summed E-state index contributed by atoms with van der Waals surface area (Å²) in [7, 11) is 1.85. The van der Waals surface area contributed by atoms with Crippen LogP contribution in [0.1, 0.15) is 53.4 Å². The van der Waals surface area contributed by atoms with E-state index in [9.17, 15) is 0 Å². The number of rotatable bonds is 1. The van der Waals surface area contributed by atoms with Crippen molar-refractivity contribution in [1.82, 2.24) is 0 Å². The summed E-state index contributed by atoms with van der Waals surface area (Å²) in [6, 6.07) is 0. The summed E-state index contributed by atoms with van der Waals surface area (Å²) in [5.41, 5.74) is 0.933. The maximum absolute atomic E-state index is 5.54. The molecule has 0 amide bonds. The van der Waals surface area contributed by atoms with E-state index in [2.05, 4.69) is 27.7 Å². The average Bonchev–Trinajstić information content (AvgIpc) is 2.08. The van der Waals surface area contributed by atoms with Crippen LogP contribution in [0.5, 0.6) is 0 Å². The fourth-order valence-corrected chi connectivity index (χ4v) is 2.35. The Kier molecular flexibility index (Phi) is 3.06. The van der Waals surface area contributed by atoms with Crippen molar-refractivity contribution < 1.29 is 4.74 Å². The van der Waals surface area contributed by atoms with Crippen LogP contribution in [0, 0.1) is 10.8 Å². The molecule has 0 spiro atoms. The zero-order valence-electron chi connectivity index (χ0n) is 9.81. The SMILES string of the molecule is COC1CC(C)(C)CCC(C)(C)C1. The first-order chi connectivity index (χ1) is 5.85. The molecule has 1 aliphatic rings. The van der Waals surface area contributed by atoms with Crippen LogP contribution < -0.4 is 0 Å². The molecule has 0 saturated heterocycles. The van der Waals surface area contributed by atoms with E-state index < -0.39 is 0 Å². The highest BCUT2D eigenvalue weighted by Gasteiger charge is 2.34. The van der Waals surface area contributed by atoms with Crippen LogP contribution in [0.15, 0.2) is 0 Å². The van der Waals surface area contributed by atoms with E-state index >= 15 is 0 Å². The molecule has 1 rings (SSSR count). The quantitative estimate of drug-likeness (QED) is 0.565. The predicted octanol–water partition coefficient (Wildman–Crippen LogP) is 3.63. The van der Waals surface area contributed by atoms with Crippen LogP contribution in [-0.2, 0) is 4.74 Å². The molecule has 0 aromatic rings. The molecule has 0 unspecified atom stereocenters. The zero-order chi connectivity index (χ0) is 10.1. The molecule has 1 saturated carbocycles. The molecule has 0 aromatic carbocycles. The second-order valence-corrected chi connectivity index (χ2v) is 6.09. The van der Waals surface area contributed by atoms with Gasteiger partial charge in [0.15, 0.2) is 0 Å².